The minimum absolute atomic E-state index is 0.0470. The molecule has 0 fully saturated rings. The minimum Gasteiger partial charge on any atom is -0.474 e. The van der Waals surface area contributed by atoms with Crippen LogP contribution in [0.2, 0.25) is 5.02 Å². The Hall–Kier alpha value is -2.42. The van der Waals surface area contributed by atoms with Crippen LogP contribution in [-0.2, 0) is 6.42 Å². The summed E-state index contributed by atoms with van der Waals surface area (Å²) in [4.78, 5) is 25.4. The molecule has 3 heterocycles. The number of hydrogen-bond donors (Lipinski definition) is 1. The van der Waals surface area contributed by atoms with Crippen LogP contribution in [-0.4, -0.2) is 42.6 Å². The lowest BCUT2D eigenvalue weighted by atomic mass is 10.2. The summed E-state index contributed by atoms with van der Waals surface area (Å²) >= 11 is 7.62. The number of hydrogen-bond acceptors (Lipinski definition) is 7. The smallest absolute Gasteiger partial charge is 0.287 e. The topological polar surface area (TPSA) is 90.1 Å². The average Bonchev–Trinajstić information content (AvgIpc) is 2.68. The first-order chi connectivity index (χ1) is 13.8. The Kier molecular flexibility index (Phi) is 6.89. The molecule has 0 unspecified atom stereocenters. The predicted molar refractivity (Wildman–Crippen MR) is 113 cm³/mol. The number of aromatic nitrogens is 4. The molecule has 0 saturated heterocycles. The van der Waals surface area contributed by atoms with Crippen molar-refractivity contribution in [3.05, 3.63) is 70.1 Å². The van der Waals surface area contributed by atoms with Crippen molar-refractivity contribution in [3.63, 3.8) is 0 Å². The fraction of sp³-hybridized carbons (Fsp3) is 0.300. The van der Waals surface area contributed by atoms with Gasteiger partial charge in [0, 0.05) is 30.0 Å². The van der Waals surface area contributed by atoms with Gasteiger partial charge >= 0.3 is 0 Å². The number of halogens is 1. The molecule has 29 heavy (non-hydrogen) atoms. The lowest BCUT2D eigenvalue weighted by molar-refractivity contribution is 0.0269. The molecule has 7 nitrogen and oxygen atoms in total. The Bertz CT molecular complexity index is 1020. The van der Waals surface area contributed by atoms with Gasteiger partial charge in [0.1, 0.15) is 11.6 Å². The zero-order valence-corrected chi connectivity index (χ0v) is 17.7. The van der Waals surface area contributed by atoms with E-state index in [1.807, 2.05) is 18.2 Å². The first-order valence-electron chi connectivity index (χ1n) is 8.95. The molecule has 0 aliphatic carbocycles. The molecular weight excluding hydrogens is 412 g/mol. The van der Waals surface area contributed by atoms with Crippen molar-refractivity contribution in [3.8, 4) is 11.6 Å². The number of aliphatic hydroxyl groups is 1. The van der Waals surface area contributed by atoms with Gasteiger partial charge in [0.15, 0.2) is 5.03 Å². The van der Waals surface area contributed by atoms with Crippen molar-refractivity contribution in [1.82, 2.24) is 19.5 Å². The number of thioether (sulfide) groups is 1. The van der Waals surface area contributed by atoms with Crippen molar-refractivity contribution < 1.29 is 9.84 Å². The molecule has 0 saturated carbocycles. The van der Waals surface area contributed by atoms with Crippen molar-refractivity contribution in [2.24, 2.45) is 0 Å². The highest BCUT2D eigenvalue weighted by Gasteiger charge is 2.16. The SMILES string of the molecule is CC(C)(O)COc1ncc(-n2ccnc(SCCc3ccccn3)c2=O)cc1Cl. The highest BCUT2D eigenvalue weighted by molar-refractivity contribution is 7.99. The van der Waals surface area contributed by atoms with Gasteiger partial charge in [0.05, 0.1) is 17.5 Å². The maximum Gasteiger partial charge on any atom is 0.287 e. The molecule has 0 spiro atoms. The van der Waals surface area contributed by atoms with Crippen LogP contribution in [0, 0.1) is 0 Å². The average molecular weight is 433 g/mol. The van der Waals surface area contributed by atoms with Crippen molar-refractivity contribution >= 4 is 23.4 Å². The number of nitrogens with zero attached hydrogens (tertiary/aromatic N) is 4. The maximum absolute atomic E-state index is 12.8. The molecule has 0 bridgehead atoms. The summed E-state index contributed by atoms with van der Waals surface area (Å²) in [6.45, 7) is 3.29. The first kappa shape index (κ1) is 21.3. The molecule has 0 aliphatic heterocycles. The van der Waals surface area contributed by atoms with Crippen LogP contribution in [0.5, 0.6) is 5.88 Å². The van der Waals surface area contributed by atoms with Gasteiger partial charge in [0.25, 0.3) is 5.56 Å². The first-order valence-corrected chi connectivity index (χ1v) is 10.3. The number of pyridine rings is 2. The molecule has 0 aromatic carbocycles. The van der Waals surface area contributed by atoms with E-state index < -0.39 is 5.60 Å². The quantitative estimate of drug-likeness (QED) is 0.547. The van der Waals surface area contributed by atoms with Crippen LogP contribution >= 0.6 is 23.4 Å². The van der Waals surface area contributed by atoms with Gasteiger partial charge in [-0.25, -0.2) is 9.97 Å². The summed E-state index contributed by atoms with van der Waals surface area (Å²) in [5.74, 6) is 0.885. The Morgan fingerprint density at radius 3 is 2.76 bits per heavy atom. The molecule has 3 aromatic heterocycles. The minimum atomic E-state index is -1.01. The van der Waals surface area contributed by atoms with Crippen LogP contribution in [0.4, 0.5) is 0 Å². The molecule has 3 aromatic rings. The van der Waals surface area contributed by atoms with E-state index in [4.69, 9.17) is 16.3 Å². The Labute approximate surface area is 177 Å². The Balaban J connectivity index is 1.73. The van der Waals surface area contributed by atoms with E-state index in [0.29, 0.717) is 16.5 Å². The summed E-state index contributed by atoms with van der Waals surface area (Å²) in [5.41, 5.74) is 0.215. The summed E-state index contributed by atoms with van der Waals surface area (Å²) in [7, 11) is 0. The summed E-state index contributed by atoms with van der Waals surface area (Å²) in [6.07, 6.45) is 7.11. The number of ether oxygens (including phenoxy) is 1. The summed E-state index contributed by atoms with van der Waals surface area (Å²) in [6, 6.07) is 7.35. The fourth-order valence-electron chi connectivity index (χ4n) is 2.39. The third-order valence-corrected chi connectivity index (χ3v) is 5.00. The van der Waals surface area contributed by atoms with Gasteiger partial charge in [0.2, 0.25) is 5.88 Å². The van der Waals surface area contributed by atoms with Crippen LogP contribution in [0.3, 0.4) is 0 Å². The molecule has 3 rings (SSSR count). The predicted octanol–water partition coefficient (Wildman–Crippen LogP) is 3.16. The summed E-state index contributed by atoms with van der Waals surface area (Å²) in [5, 5.41) is 10.4. The third-order valence-electron chi connectivity index (χ3n) is 3.77. The Morgan fingerprint density at radius 2 is 2.07 bits per heavy atom. The molecule has 0 radical (unpaired) electrons. The second kappa shape index (κ2) is 9.39. The lowest BCUT2D eigenvalue weighted by Gasteiger charge is -2.18. The van der Waals surface area contributed by atoms with Gasteiger partial charge in [-0.3, -0.25) is 14.3 Å². The van der Waals surface area contributed by atoms with Gasteiger partial charge in [-0.05, 0) is 38.5 Å². The number of rotatable bonds is 8. The normalized spacial score (nSPS) is 11.4. The fourth-order valence-corrected chi connectivity index (χ4v) is 3.47. The highest BCUT2D eigenvalue weighted by atomic mass is 35.5. The maximum atomic E-state index is 12.8. The van der Waals surface area contributed by atoms with Gasteiger partial charge < -0.3 is 9.84 Å². The lowest BCUT2D eigenvalue weighted by Crippen LogP contribution is -2.28. The van der Waals surface area contributed by atoms with Crippen molar-refractivity contribution in [2.45, 2.75) is 30.9 Å². The molecule has 1 N–H and O–H groups in total. The summed E-state index contributed by atoms with van der Waals surface area (Å²) < 4.78 is 6.88. The largest absolute Gasteiger partial charge is 0.474 e. The third kappa shape index (κ3) is 6.03. The monoisotopic (exact) mass is 432 g/mol. The molecule has 0 atom stereocenters. The van der Waals surface area contributed by atoms with Gasteiger partial charge in [-0.1, -0.05) is 17.7 Å². The Morgan fingerprint density at radius 1 is 1.24 bits per heavy atom. The highest BCUT2D eigenvalue weighted by Crippen LogP contribution is 2.24. The zero-order chi connectivity index (χ0) is 20.9. The van der Waals surface area contributed by atoms with E-state index in [-0.39, 0.29) is 23.1 Å². The standard InChI is InChI=1S/C20H21ClN4O3S/c1-20(2,27)13-28-17-16(21)11-15(12-24-17)25-9-8-23-18(19(25)26)29-10-6-14-5-3-4-7-22-14/h3-5,7-9,11-12,27H,6,10,13H2,1-2H3. The second-order valence-corrected chi connectivity index (χ2v) is 8.40. The van der Waals surface area contributed by atoms with Crippen molar-refractivity contribution in [1.29, 1.82) is 0 Å². The van der Waals surface area contributed by atoms with E-state index >= 15 is 0 Å². The number of aryl methyl sites for hydroxylation is 1. The second-order valence-electron chi connectivity index (χ2n) is 6.91. The molecule has 0 amide bonds. The van der Waals surface area contributed by atoms with E-state index in [1.54, 1.807) is 38.5 Å². The van der Waals surface area contributed by atoms with Gasteiger partial charge in [-0.15, -0.1) is 11.8 Å². The molecule has 9 heteroatoms. The van der Waals surface area contributed by atoms with E-state index in [0.717, 1.165) is 12.1 Å². The zero-order valence-electron chi connectivity index (χ0n) is 16.1. The van der Waals surface area contributed by atoms with E-state index in [2.05, 4.69) is 15.0 Å². The van der Waals surface area contributed by atoms with E-state index in [9.17, 15) is 9.90 Å². The molecular formula is C20H21ClN4O3S. The van der Waals surface area contributed by atoms with Crippen LogP contribution in [0.25, 0.3) is 5.69 Å². The van der Waals surface area contributed by atoms with Crippen LogP contribution < -0.4 is 10.3 Å². The molecule has 0 aliphatic rings. The van der Waals surface area contributed by atoms with Crippen LogP contribution in [0.1, 0.15) is 19.5 Å². The molecule has 152 valence electrons. The van der Waals surface area contributed by atoms with Crippen molar-refractivity contribution in [2.75, 3.05) is 12.4 Å². The van der Waals surface area contributed by atoms with Crippen LogP contribution in [0.15, 0.2) is 58.9 Å². The van der Waals surface area contributed by atoms with E-state index in [1.165, 1.54) is 22.5 Å². The van der Waals surface area contributed by atoms with Gasteiger partial charge in [-0.2, -0.15) is 0 Å².